The van der Waals surface area contributed by atoms with Crippen molar-refractivity contribution in [1.29, 1.82) is 0 Å². The number of anilines is 1. The molecule has 0 bridgehead atoms. The fourth-order valence-electron chi connectivity index (χ4n) is 2.12. The van der Waals surface area contributed by atoms with E-state index in [4.69, 9.17) is 0 Å². The monoisotopic (exact) mass is 353 g/mol. The molecule has 0 spiro atoms. The Morgan fingerprint density at radius 3 is 1.96 bits per heavy atom. The van der Waals surface area contributed by atoms with Gasteiger partial charge in [0.05, 0.1) is 21.2 Å². The summed E-state index contributed by atoms with van der Waals surface area (Å²) in [6.45, 7) is 3.49. The van der Waals surface area contributed by atoms with Crippen molar-refractivity contribution in [2.45, 2.75) is 30.1 Å². The fourth-order valence-corrected chi connectivity index (χ4v) is 4.11. The van der Waals surface area contributed by atoms with E-state index in [1.165, 1.54) is 24.3 Å². The van der Waals surface area contributed by atoms with E-state index in [-0.39, 0.29) is 15.5 Å². The van der Waals surface area contributed by atoms with Crippen LogP contribution in [0.2, 0.25) is 0 Å². The van der Waals surface area contributed by atoms with Crippen LogP contribution >= 0.6 is 0 Å². The van der Waals surface area contributed by atoms with Gasteiger partial charge in [-0.25, -0.2) is 16.8 Å². The lowest BCUT2D eigenvalue weighted by Crippen LogP contribution is -2.14. The van der Waals surface area contributed by atoms with Crippen LogP contribution in [0.15, 0.2) is 58.3 Å². The Kier molecular flexibility index (Phi) is 5.11. The van der Waals surface area contributed by atoms with Gasteiger partial charge in [0, 0.05) is 0 Å². The maximum atomic E-state index is 12.4. The molecule has 0 saturated carbocycles. The summed E-state index contributed by atoms with van der Waals surface area (Å²) in [4.78, 5) is 0.145. The molecular formula is C16H19NO4S2. The Morgan fingerprint density at radius 1 is 0.826 bits per heavy atom. The molecule has 0 aliphatic rings. The van der Waals surface area contributed by atoms with Crippen molar-refractivity contribution in [3.8, 4) is 0 Å². The number of hydrogen-bond acceptors (Lipinski definition) is 4. The molecule has 2 rings (SSSR count). The predicted octanol–water partition coefficient (Wildman–Crippen LogP) is 2.84. The second-order valence-electron chi connectivity index (χ2n) is 4.99. The summed E-state index contributed by atoms with van der Waals surface area (Å²) in [5.41, 5.74) is 1.42. The third kappa shape index (κ3) is 3.92. The van der Waals surface area contributed by atoms with Crippen molar-refractivity contribution in [3.05, 3.63) is 54.1 Å². The molecule has 0 aliphatic heterocycles. The van der Waals surface area contributed by atoms with E-state index < -0.39 is 19.9 Å². The average molecular weight is 353 g/mol. The van der Waals surface area contributed by atoms with E-state index in [1.54, 1.807) is 19.1 Å². The number of benzene rings is 2. The second-order valence-corrected chi connectivity index (χ2v) is 8.95. The van der Waals surface area contributed by atoms with Crippen molar-refractivity contribution in [2.24, 2.45) is 0 Å². The fraction of sp³-hybridized carbons (Fsp3) is 0.250. The number of aryl methyl sites for hydroxylation is 1. The number of rotatable bonds is 6. The van der Waals surface area contributed by atoms with E-state index >= 15 is 0 Å². The topological polar surface area (TPSA) is 80.3 Å². The largest absolute Gasteiger partial charge is 0.279 e. The van der Waals surface area contributed by atoms with Crippen LogP contribution in [0.5, 0.6) is 0 Å². The highest BCUT2D eigenvalue weighted by atomic mass is 32.2. The van der Waals surface area contributed by atoms with E-state index in [1.807, 2.05) is 19.1 Å². The zero-order valence-electron chi connectivity index (χ0n) is 13.0. The van der Waals surface area contributed by atoms with E-state index in [2.05, 4.69) is 4.72 Å². The molecule has 0 fully saturated rings. The normalized spacial score (nSPS) is 12.1. The highest BCUT2D eigenvalue weighted by Gasteiger charge is 2.17. The van der Waals surface area contributed by atoms with Gasteiger partial charge in [0.2, 0.25) is 0 Å². The third-order valence-electron chi connectivity index (χ3n) is 3.52. The molecule has 5 nitrogen and oxygen atoms in total. The summed E-state index contributed by atoms with van der Waals surface area (Å²) >= 11 is 0. The first kappa shape index (κ1) is 17.5. The number of sulfonamides is 1. The molecule has 0 aromatic heterocycles. The minimum atomic E-state index is -3.76. The molecule has 0 amide bonds. The SMILES string of the molecule is CCc1ccccc1NS(=O)(=O)c1ccc(S(=O)(=O)CC)cc1. The molecule has 1 N–H and O–H groups in total. The van der Waals surface area contributed by atoms with Crippen molar-refractivity contribution in [1.82, 2.24) is 0 Å². The molecule has 7 heteroatoms. The average Bonchev–Trinajstić information content (AvgIpc) is 2.55. The molecule has 0 heterocycles. The molecular weight excluding hydrogens is 334 g/mol. The van der Waals surface area contributed by atoms with Gasteiger partial charge in [0.15, 0.2) is 9.84 Å². The number of sulfone groups is 1. The Balaban J connectivity index is 2.33. The van der Waals surface area contributed by atoms with Gasteiger partial charge in [0.25, 0.3) is 10.0 Å². The van der Waals surface area contributed by atoms with Crippen LogP contribution in [0.3, 0.4) is 0 Å². The van der Waals surface area contributed by atoms with Crippen molar-refractivity contribution >= 4 is 25.5 Å². The quantitative estimate of drug-likeness (QED) is 0.866. The van der Waals surface area contributed by atoms with Gasteiger partial charge in [-0.2, -0.15) is 0 Å². The van der Waals surface area contributed by atoms with Crippen molar-refractivity contribution in [2.75, 3.05) is 10.5 Å². The van der Waals surface area contributed by atoms with E-state index in [9.17, 15) is 16.8 Å². The first-order valence-electron chi connectivity index (χ1n) is 7.23. The Bertz CT molecular complexity index is 886. The van der Waals surface area contributed by atoms with Crippen LogP contribution in [0.4, 0.5) is 5.69 Å². The van der Waals surface area contributed by atoms with Gasteiger partial charge in [-0.15, -0.1) is 0 Å². The standard InChI is InChI=1S/C16H19NO4S2/c1-3-13-7-5-6-8-16(13)17-23(20,21)15-11-9-14(10-12-15)22(18,19)4-2/h5-12,17H,3-4H2,1-2H3. The molecule has 0 atom stereocenters. The Morgan fingerprint density at radius 2 is 1.39 bits per heavy atom. The lowest BCUT2D eigenvalue weighted by molar-refractivity contribution is 0.595. The van der Waals surface area contributed by atoms with Gasteiger partial charge in [-0.05, 0) is 42.3 Å². The van der Waals surface area contributed by atoms with Gasteiger partial charge in [-0.1, -0.05) is 32.0 Å². The minimum Gasteiger partial charge on any atom is -0.279 e. The molecule has 2 aromatic rings. The summed E-state index contributed by atoms with van der Waals surface area (Å²) in [5.74, 6) is -0.0266. The maximum Gasteiger partial charge on any atom is 0.261 e. The molecule has 0 aliphatic carbocycles. The zero-order chi connectivity index (χ0) is 17.1. The highest BCUT2D eigenvalue weighted by molar-refractivity contribution is 7.92. The summed E-state index contributed by atoms with van der Waals surface area (Å²) in [7, 11) is -7.10. The van der Waals surface area contributed by atoms with Crippen molar-refractivity contribution < 1.29 is 16.8 Å². The van der Waals surface area contributed by atoms with Gasteiger partial charge in [0.1, 0.15) is 0 Å². The zero-order valence-corrected chi connectivity index (χ0v) is 14.6. The Labute approximate surface area is 137 Å². The number of para-hydroxylation sites is 1. The molecule has 23 heavy (non-hydrogen) atoms. The molecule has 124 valence electrons. The van der Waals surface area contributed by atoms with Crippen LogP contribution in [-0.4, -0.2) is 22.6 Å². The summed E-state index contributed by atoms with van der Waals surface area (Å²) in [6.07, 6.45) is 0.701. The molecule has 0 unspecified atom stereocenters. The molecule has 2 aromatic carbocycles. The van der Waals surface area contributed by atoms with Crippen LogP contribution < -0.4 is 4.72 Å². The lowest BCUT2D eigenvalue weighted by atomic mass is 10.1. The highest BCUT2D eigenvalue weighted by Crippen LogP contribution is 2.21. The van der Waals surface area contributed by atoms with Gasteiger partial charge < -0.3 is 0 Å². The summed E-state index contributed by atoms with van der Waals surface area (Å²) < 4.78 is 51.0. The first-order valence-corrected chi connectivity index (χ1v) is 10.4. The predicted molar refractivity (Wildman–Crippen MR) is 90.8 cm³/mol. The summed E-state index contributed by atoms with van der Waals surface area (Å²) in [6, 6.07) is 12.4. The summed E-state index contributed by atoms with van der Waals surface area (Å²) in [5, 5.41) is 0. The number of nitrogens with one attached hydrogen (secondary N) is 1. The lowest BCUT2D eigenvalue weighted by Gasteiger charge is -2.12. The van der Waals surface area contributed by atoms with Crippen LogP contribution in [-0.2, 0) is 26.3 Å². The van der Waals surface area contributed by atoms with E-state index in [0.717, 1.165) is 5.56 Å². The van der Waals surface area contributed by atoms with E-state index in [0.29, 0.717) is 12.1 Å². The van der Waals surface area contributed by atoms with Crippen LogP contribution in [0.1, 0.15) is 19.4 Å². The Hall–Kier alpha value is -1.86. The van der Waals surface area contributed by atoms with Gasteiger partial charge >= 0.3 is 0 Å². The maximum absolute atomic E-state index is 12.4. The minimum absolute atomic E-state index is 0.0264. The number of hydrogen-bond donors (Lipinski definition) is 1. The first-order chi connectivity index (χ1) is 10.8. The molecule has 0 radical (unpaired) electrons. The molecule has 0 saturated heterocycles. The van der Waals surface area contributed by atoms with Crippen LogP contribution in [0, 0.1) is 0 Å². The second kappa shape index (κ2) is 6.72. The van der Waals surface area contributed by atoms with Gasteiger partial charge in [-0.3, -0.25) is 4.72 Å². The van der Waals surface area contributed by atoms with Crippen molar-refractivity contribution in [3.63, 3.8) is 0 Å². The third-order valence-corrected chi connectivity index (χ3v) is 6.65. The van der Waals surface area contributed by atoms with Crippen LogP contribution in [0.25, 0.3) is 0 Å². The smallest absolute Gasteiger partial charge is 0.261 e.